The van der Waals surface area contributed by atoms with Gasteiger partial charge in [0, 0.05) is 5.69 Å². The fourth-order valence-corrected chi connectivity index (χ4v) is 3.89. The van der Waals surface area contributed by atoms with Crippen LogP contribution in [0.3, 0.4) is 0 Å². The van der Waals surface area contributed by atoms with Gasteiger partial charge in [0.05, 0.1) is 16.8 Å². The zero-order chi connectivity index (χ0) is 18.7. The van der Waals surface area contributed by atoms with Crippen LogP contribution in [-0.4, -0.2) is 13.4 Å². The lowest BCUT2D eigenvalue weighted by atomic mass is 10.2. The molecule has 0 radical (unpaired) electrons. The van der Waals surface area contributed by atoms with Gasteiger partial charge in [-0.25, -0.2) is 13.4 Å². The molecule has 1 heterocycles. The number of benzene rings is 2. The molecule has 26 heavy (non-hydrogen) atoms. The van der Waals surface area contributed by atoms with Crippen molar-refractivity contribution in [1.29, 1.82) is 0 Å². The molecule has 0 aliphatic heterocycles. The Kier molecular flexibility index (Phi) is 4.95. The number of pyridine rings is 1. The largest absolute Gasteiger partial charge is 0.340 e. The minimum absolute atomic E-state index is 0.277. The van der Waals surface area contributed by atoms with Crippen LogP contribution in [0, 0.1) is 20.8 Å². The summed E-state index contributed by atoms with van der Waals surface area (Å²) in [4.78, 5) is 4.55. The van der Waals surface area contributed by atoms with Gasteiger partial charge in [0.25, 0.3) is 10.0 Å². The monoisotopic (exact) mass is 367 g/mol. The third kappa shape index (κ3) is 4.21. The summed E-state index contributed by atoms with van der Waals surface area (Å²) in [6.45, 7) is 5.67. The zero-order valence-electron chi connectivity index (χ0n) is 14.9. The molecule has 5 nitrogen and oxygen atoms in total. The Morgan fingerprint density at radius 2 is 1.46 bits per heavy atom. The smallest absolute Gasteiger partial charge is 0.262 e. The Balaban J connectivity index is 1.76. The Morgan fingerprint density at radius 3 is 2.12 bits per heavy atom. The van der Waals surface area contributed by atoms with Crippen molar-refractivity contribution < 1.29 is 8.42 Å². The first kappa shape index (κ1) is 17.9. The number of anilines is 3. The molecule has 0 spiro atoms. The summed E-state index contributed by atoms with van der Waals surface area (Å²) >= 11 is 0. The second-order valence-corrected chi connectivity index (χ2v) is 7.95. The summed E-state index contributed by atoms with van der Waals surface area (Å²) in [5, 5.41) is 3.18. The van der Waals surface area contributed by atoms with E-state index in [0.29, 0.717) is 17.1 Å². The van der Waals surface area contributed by atoms with Gasteiger partial charge in [-0.15, -0.1) is 0 Å². The topological polar surface area (TPSA) is 71.1 Å². The Hall–Kier alpha value is -2.86. The van der Waals surface area contributed by atoms with E-state index in [9.17, 15) is 8.42 Å². The molecule has 0 bridgehead atoms. The second-order valence-electron chi connectivity index (χ2n) is 6.30. The van der Waals surface area contributed by atoms with Gasteiger partial charge < -0.3 is 5.32 Å². The maximum atomic E-state index is 12.6. The molecule has 1 aromatic heterocycles. The van der Waals surface area contributed by atoms with E-state index in [4.69, 9.17) is 0 Å². The molecule has 2 N–H and O–H groups in total. The normalized spacial score (nSPS) is 11.2. The average molecular weight is 367 g/mol. The highest BCUT2D eigenvalue weighted by atomic mass is 32.2. The van der Waals surface area contributed by atoms with Crippen molar-refractivity contribution in [1.82, 2.24) is 4.98 Å². The maximum absolute atomic E-state index is 12.6. The first-order valence-electron chi connectivity index (χ1n) is 8.23. The van der Waals surface area contributed by atoms with E-state index in [1.807, 2.05) is 44.2 Å². The van der Waals surface area contributed by atoms with Gasteiger partial charge in [0.15, 0.2) is 0 Å². The fraction of sp³-hybridized carbons (Fsp3) is 0.150. The summed E-state index contributed by atoms with van der Waals surface area (Å²) in [7, 11) is -3.65. The second kappa shape index (κ2) is 7.17. The number of sulfonamides is 1. The average Bonchev–Trinajstić information content (AvgIpc) is 2.60. The van der Waals surface area contributed by atoms with Gasteiger partial charge in [-0.3, -0.25) is 4.72 Å². The lowest BCUT2D eigenvalue weighted by Crippen LogP contribution is -2.14. The van der Waals surface area contributed by atoms with E-state index >= 15 is 0 Å². The fourth-order valence-electron chi connectivity index (χ4n) is 2.52. The van der Waals surface area contributed by atoms with Gasteiger partial charge in [-0.05, 0) is 62.2 Å². The van der Waals surface area contributed by atoms with Crippen LogP contribution in [-0.2, 0) is 10.0 Å². The van der Waals surface area contributed by atoms with Crippen LogP contribution in [0.2, 0.25) is 0 Å². The minimum Gasteiger partial charge on any atom is -0.340 e. The van der Waals surface area contributed by atoms with Crippen LogP contribution >= 0.6 is 0 Å². The molecule has 0 saturated heterocycles. The van der Waals surface area contributed by atoms with Gasteiger partial charge >= 0.3 is 0 Å². The van der Waals surface area contributed by atoms with Gasteiger partial charge in [0.1, 0.15) is 5.82 Å². The van der Waals surface area contributed by atoms with E-state index in [2.05, 4.69) is 15.0 Å². The molecule has 0 aliphatic rings. The van der Waals surface area contributed by atoms with E-state index in [1.54, 1.807) is 31.2 Å². The minimum atomic E-state index is -3.65. The molecule has 134 valence electrons. The number of aryl methyl sites for hydroxylation is 3. The lowest BCUT2D eigenvalue weighted by Gasteiger charge is -2.12. The zero-order valence-corrected chi connectivity index (χ0v) is 15.8. The van der Waals surface area contributed by atoms with Crippen LogP contribution in [0.25, 0.3) is 0 Å². The Bertz CT molecular complexity index is 1010. The first-order chi connectivity index (χ1) is 12.3. The SMILES string of the molecule is Cc1ccc(Nc2ccc(NS(=O)(=O)c3cc(C)ccc3C)cn2)cc1. The quantitative estimate of drug-likeness (QED) is 0.694. The number of hydrogen-bond acceptors (Lipinski definition) is 4. The van der Waals surface area contributed by atoms with Crippen LogP contribution < -0.4 is 10.0 Å². The third-order valence-electron chi connectivity index (χ3n) is 3.97. The van der Waals surface area contributed by atoms with Crippen molar-refractivity contribution in [3.8, 4) is 0 Å². The summed E-state index contributed by atoms with van der Waals surface area (Å²) in [6, 6.07) is 16.7. The first-order valence-corrected chi connectivity index (χ1v) is 9.72. The summed E-state index contributed by atoms with van der Waals surface area (Å²) in [5.41, 5.74) is 4.12. The molecule has 6 heteroatoms. The van der Waals surface area contributed by atoms with E-state index in [0.717, 1.165) is 11.3 Å². The molecule has 0 aliphatic carbocycles. The van der Waals surface area contributed by atoms with Crippen molar-refractivity contribution in [3.63, 3.8) is 0 Å². The number of aromatic nitrogens is 1. The van der Waals surface area contributed by atoms with Crippen molar-refractivity contribution >= 4 is 27.2 Å². The highest BCUT2D eigenvalue weighted by molar-refractivity contribution is 7.92. The van der Waals surface area contributed by atoms with E-state index in [-0.39, 0.29) is 4.90 Å². The predicted molar refractivity (Wildman–Crippen MR) is 105 cm³/mol. The summed E-state index contributed by atoms with van der Waals surface area (Å²) in [5.74, 6) is 0.642. The van der Waals surface area contributed by atoms with Crippen LogP contribution in [0.4, 0.5) is 17.2 Å². The highest BCUT2D eigenvalue weighted by Gasteiger charge is 2.17. The maximum Gasteiger partial charge on any atom is 0.262 e. The van der Waals surface area contributed by atoms with Crippen molar-refractivity contribution in [2.75, 3.05) is 10.0 Å². The Labute approximate surface area is 154 Å². The molecule has 0 fully saturated rings. The molecule has 0 atom stereocenters. The molecule has 3 rings (SSSR count). The van der Waals surface area contributed by atoms with Crippen LogP contribution in [0.15, 0.2) is 65.7 Å². The van der Waals surface area contributed by atoms with Crippen molar-refractivity contribution in [2.45, 2.75) is 25.7 Å². The lowest BCUT2D eigenvalue weighted by molar-refractivity contribution is 0.600. The van der Waals surface area contributed by atoms with Crippen LogP contribution in [0.1, 0.15) is 16.7 Å². The highest BCUT2D eigenvalue weighted by Crippen LogP contribution is 2.22. The van der Waals surface area contributed by atoms with Gasteiger partial charge in [-0.2, -0.15) is 0 Å². The van der Waals surface area contributed by atoms with Crippen molar-refractivity contribution in [3.05, 3.63) is 77.5 Å². The Morgan fingerprint density at radius 1 is 0.808 bits per heavy atom. The number of rotatable bonds is 5. The van der Waals surface area contributed by atoms with E-state index in [1.165, 1.54) is 11.8 Å². The molecule has 3 aromatic rings. The molecular weight excluding hydrogens is 346 g/mol. The summed E-state index contributed by atoms with van der Waals surface area (Å²) < 4.78 is 27.8. The summed E-state index contributed by atoms with van der Waals surface area (Å²) in [6.07, 6.45) is 1.50. The van der Waals surface area contributed by atoms with Crippen molar-refractivity contribution in [2.24, 2.45) is 0 Å². The van der Waals surface area contributed by atoms with E-state index < -0.39 is 10.0 Å². The molecule has 0 amide bonds. The van der Waals surface area contributed by atoms with Gasteiger partial charge in [0.2, 0.25) is 0 Å². The molecule has 0 unspecified atom stereocenters. The number of nitrogens with one attached hydrogen (secondary N) is 2. The van der Waals surface area contributed by atoms with Crippen LogP contribution in [0.5, 0.6) is 0 Å². The third-order valence-corrected chi connectivity index (χ3v) is 5.50. The molecule has 2 aromatic carbocycles. The molecular formula is C20H21N3O2S. The number of nitrogens with zero attached hydrogens (tertiary/aromatic N) is 1. The molecule has 0 saturated carbocycles. The standard InChI is InChI=1S/C20H21N3O2S/c1-14-5-8-17(9-6-14)22-20-11-10-18(13-21-20)23-26(24,25)19-12-15(2)4-7-16(19)3/h4-13,23H,1-3H3,(H,21,22). The van der Waals surface area contributed by atoms with Gasteiger partial charge in [-0.1, -0.05) is 29.8 Å². The predicted octanol–water partition coefficient (Wildman–Crippen LogP) is 4.55. The number of hydrogen-bond donors (Lipinski definition) is 2.